The van der Waals surface area contributed by atoms with E-state index >= 15 is 0 Å². The van der Waals surface area contributed by atoms with Crippen molar-refractivity contribution in [2.75, 3.05) is 51.3 Å². The maximum atomic E-state index is 11.6. The van der Waals surface area contributed by atoms with E-state index in [4.69, 9.17) is 15.6 Å². The van der Waals surface area contributed by atoms with Crippen molar-refractivity contribution >= 4 is 11.6 Å². The average molecular weight is 279 g/mol. The number of ether oxygens (including phenoxy) is 1. The van der Waals surface area contributed by atoms with Crippen molar-refractivity contribution in [3.63, 3.8) is 0 Å². The Labute approximate surface area is 118 Å². The molecule has 20 heavy (non-hydrogen) atoms. The third-order valence-corrected chi connectivity index (χ3v) is 3.59. The maximum Gasteiger partial charge on any atom is 0.250 e. The molecule has 0 unspecified atom stereocenters. The normalized spacial score (nSPS) is 16.2. The third-order valence-electron chi connectivity index (χ3n) is 3.59. The quantitative estimate of drug-likeness (QED) is 0.787. The molecule has 110 valence electrons. The first-order valence-electron chi connectivity index (χ1n) is 6.72. The standard InChI is InChI=1S/C14H21N3O3/c1-20-12-4-2-3-11(14(15)19)13(12)17-7-5-16(6-8-17)9-10-18/h2-4,18H,5-10H2,1H3,(H2,15,19). The van der Waals surface area contributed by atoms with Gasteiger partial charge in [0.1, 0.15) is 5.75 Å². The molecule has 0 aromatic heterocycles. The Balaban J connectivity index is 2.22. The number of nitrogens with two attached hydrogens (primary N) is 1. The summed E-state index contributed by atoms with van der Waals surface area (Å²) in [6, 6.07) is 5.33. The van der Waals surface area contributed by atoms with E-state index in [1.54, 1.807) is 19.2 Å². The van der Waals surface area contributed by atoms with Crippen LogP contribution < -0.4 is 15.4 Å². The summed E-state index contributed by atoms with van der Waals surface area (Å²) in [4.78, 5) is 15.9. The number of carbonyl (C=O) groups excluding carboxylic acids is 1. The molecule has 0 saturated carbocycles. The van der Waals surface area contributed by atoms with E-state index in [1.807, 2.05) is 6.07 Å². The van der Waals surface area contributed by atoms with E-state index in [0.717, 1.165) is 31.9 Å². The summed E-state index contributed by atoms with van der Waals surface area (Å²) in [5.41, 5.74) is 6.71. The number of hydrogen-bond acceptors (Lipinski definition) is 5. The summed E-state index contributed by atoms with van der Waals surface area (Å²) in [5.74, 6) is 0.216. The lowest BCUT2D eigenvalue weighted by Crippen LogP contribution is -2.47. The first-order chi connectivity index (χ1) is 9.67. The molecule has 0 atom stereocenters. The molecule has 0 spiro atoms. The van der Waals surface area contributed by atoms with Crippen molar-refractivity contribution in [1.29, 1.82) is 0 Å². The Bertz CT molecular complexity index is 471. The van der Waals surface area contributed by atoms with Crippen LogP contribution in [0.5, 0.6) is 5.75 Å². The van der Waals surface area contributed by atoms with Gasteiger partial charge in [0, 0.05) is 32.7 Å². The van der Waals surface area contributed by atoms with Crippen LogP contribution >= 0.6 is 0 Å². The minimum absolute atomic E-state index is 0.168. The molecule has 1 amide bonds. The molecule has 3 N–H and O–H groups in total. The van der Waals surface area contributed by atoms with Crippen LogP contribution in [0.2, 0.25) is 0 Å². The summed E-state index contributed by atoms with van der Waals surface area (Å²) < 4.78 is 5.36. The van der Waals surface area contributed by atoms with Gasteiger partial charge in [0.05, 0.1) is 25.0 Å². The maximum absolute atomic E-state index is 11.6. The molecule has 1 heterocycles. The fraction of sp³-hybridized carbons (Fsp3) is 0.500. The SMILES string of the molecule is COc1cccc(C(N)=O)c1N1CCN(CCO)CC1. The lowest BCUT2D eigenvalue weighted by molar-refractivity contribution is 0.1000. The van der Waals surface area contributed by atoms with E-state index in [2.05, 4.69) is 9.80 Å². The van der Waals surface area contributed by atoms with Crippen molar-refractivity contribution in [3.05, 3.63) is 23.8 Å². The highest BCUT2D eigenvalue weighted by Gasteiger charge is 2.23. The van der Waals surface area contributed by atoms with Gasteiger partial charge in [0.15, 0.2) is 0 Å². The van der Waals surface area contributed by atoms with Gasteiger partial charge in [0.25, 0.3) is 5.91 Å². The van der Waals surface area contributed by atoms with E-state index < -0.39 is 5.91 Å². The van der Waals surface area contributed by atoms with Crippen LogP contribution in [-0.4, -0.2) is 62.4 Å². The van der Waals surface area contributed by atoms with Gasteiger partial charge < -0.3 is 20.5 Å². The zero-order valence-electron chi connectivity index (χ0n) is 11.7. The molecular weight excluding hydrogens is 258 g/mol. The Hall–Kier alpha value is -1.79. The lowest BCUT2D eigenvalue weighted by Gasteiger charge is -2.37. The molecule has 0 radical (unpaired) electrons. The van der Waals surface area contributed by atoms with Gasteiger partial charge in [-0.1, -0.05) is 6.07 Å². The first-order valence-corrected chi connectivity index (χ1v) is 6.72. The molecule has 6 heteroatoms. The number of nitrogens with zero attached hydrogens (tertiary/aromatic N) is 2. The number of hydrogen-bond donors (Lipinski definition) is 2. The van der Waals surface area contributed by atoms with Crippen LogP contribution in [0.25, 0.3) is 0 Å². The highest BCUT2D eigenvalue weighted by molar-refractivity contribution is 6.00. The van der Waals surface area contributed by atoms with Crippen molar-refractivity contribution in [3.8, 4) is 5.75 Å². The van der Waals surface area contributed by atoms with Crippen molar-refractivity contribution in [1.82, 2.24) is 4.90 Å². The number of aliphatic hydroxyl groups excluding tert-OH is 1. The molecule has 1 aromatic rings. The molecule has 1 aliphatic heterocycles. The molecular formula is C14H21N3O3. The van der Waals surface area contributed by atoms with Gasteiger partial charge in [-0.15, -0.1) is 0 Å². The number of anilines is 1. The zero-order valence-corrected chi connectivity index (χ0v) is 11.7. The van der Waals surface area contributed by atoms with Gasteiger partial charge in [0.2, 0.25) is 0 Å². The number of carbonyl (C=O) groups is 1. The Kier molecular flexibility index (Phi) is 4.81. The van der Waals surface area contributed by atoms with E-state index in [1.165, 1.54) is 0 Å². The summed E-state index contributed by atoms with van der Waals surface area (Å²) in [6.45, 7) is 4.10. The minimum atomic E-state index is -0.448. The second-order valence-corrected chi connectivity index (χ2v) is 4.77. The number of amides is 1. The van der Waals surface area contributed by atoms with Crippen LogP contribution in [0.3, 0.4) is 0 Å². The topological polar surface area (TPSA) is 79.0 Å². The minimum Gasteiger partial charge on any atom is -0.495 e. The van der Waals surface area contributed by atoms with E-state index in [0.29, 0.717) is 17.9 Å². The lowest BCUT2D eigenvalue weighted by atomic mass is 10.1. The number of primary amides is 1. The molecule has 2 rings (SSSR count). The van der Waals surface area contributed by atoms with Gasteiger partial charge >= 0.3 is 0 Å². The van der Waals surface area contributed by atoms with E-state index in [-0.39, 0.29) is 6.61 Å². The van der Waals surface area contributed by atoms with Crippen molar-refractivity contribution in [2.45, 2.75) is 0 Å². The first kappa shape index (κ1) is 14.6. The average Bonchev–Trinajstić information content (AvgIpc) is 2.47. The summed E-state index contributed by atoms with van der Waals surface area (Å²) in [5, 5.41) is 8.96. The highest BCUT2D eigenvalue weighted by atomic mass is 16.5. The fourth-order valence-corrected chi connectivity index (χ4v) is 2.55. The molecule has 1 aliphatic rings. The zero-order chi connectivity index (χ0) is 14.5. The van der Waals surface area contributed by atoms with Gasteiger partial charge in [-0.25, -0.2) is 0 Å². The van der Waals surface area contributed by atoms with Gasteiger partial charge in [-0.05, 0) is 12.1 Å². The van der Waals surface area contributed by atoms with Crippen molar-refractivity contribution in [2.24, 2.45) is 5.73 Å². The fourth-order valence-electron chi connectivity index (χ4n) is 2.55. The largest absolute Gasteiger partial charge is 0.495 e. The number of methoxy groups -OCH3 is 1. The molecule has 1 aromatic carbocycles. The molecule has 6 nitrogen and oxygen atoms in total. The summed E-state index contributed by atoms with van der Waals surface area (Å²) in [7, 11) is 1.59. The Morgan fingerprint density at radius 1 is 1.35 bits per heavy atom. The number of rotatable bonds is 5. The molecule has 0 bridgehead atoms. The number of benzene rings is 1. The summed E-state index contributed by atoms with van der Waals surface area (Å²) >= 11 is 0. The molecule has 0 aliphatic carbocycles. The smallest absolute Gasteiger partial charge is 0.250 e. The number of aliphatic hydroxyl groups is 1. The number of para-hydroxylation sites is 1. The second-order valence-electron chi connectivity index (χ2n) is 4.77. The predicted molar refractivity (Wildman–Crippen MR) is 77.3 cm³/mol. The van der Waals surface area contributed by atoms with Gasteiger partial charge in [-0.2, -0.15) is 0 Å². The Morgan fingerprint density at radius 3 is 2.60 bits per heavy atom. The van der Waals surface area contributed by atoms with Crippen LogP contribution in [0.1, 0.15) is 10.4 Å². The predicted octanol–water partition coefficient (Wildman–Crippen LogP) is -0.0916. The van der Waals surface area contributed by atoms with Crippen LogP contribution in [0, 0.1) is 0 Å². The van der Waals surface area contributed by atoms with E-state index in [9.17, 15) is 4.79 Å². The van der Waals surface area contributed by atoms with Crippen LogP contribution in [-0.2, 0) is 0 Å². The molecule has 1 fully saturated rings. The Morgan fingerprint density at radius 2 is 2.05 bits per heavy atom. The third kappa shape index (κ3) is 3.02. The van der Waals surface area contributed by atoms with Crippen molar-refractivity contribution < 1.29 is 14.6 Å². The highest BCUT2D eigenvalue weighted by Crippen LogP contribution is 2.32. The van der Waals surface area contributed by atoms with Crippen LogP contribution in [0.4, 0.5) is 5.69 Å². The molecule has 1 saturated heterocycles. The second kappa shape index (κ2) is 6.58. The van der Waals surface area contributed by atoms with Crippen LogP contribution in [0.15, 0.2) is 18.2 Å². The number of β-amino-alcohol motifs (C(OH)–C–C–N with tert-alkyl or cyclic N) is 1. The number of piperazine rings is 1. The van der Waals surface area contributed by atoms with Gasteiger partial charge in [-0.3, -0.25) is 9.69 Å². The monoisotopic (exact) mass is 279 g/mol. The summed E-state index contributed by atoms with van der Waals surface area (Å²) in [6.07, 6.45) is 0.